The fourth-order valence-corrected chi connectivity index (χ4v) is 2.55. The highest BCUT2D eigenvalue weighted by molar-refractivity contribution is 7.99. The summed E-state index contributed by atoms with van der Waals surface area (Å²) in [6, 6.07) is 0. The Hall–Kier alpha value is -1.14. The number of aliphatic hydroxyl groups is 1. The van der Waals surface area contributed by atoms with E-state index in [1.807, 2.05) is 0 Å². The summed E-state index contributed by atoms with van der Waals surface area (Å²) in [6.45, 7) is 0.299. The summed E-state index contributed by atoms with van der Waals surface area (Å²) in [5, 5.41) is 9.63. The lowest BCUT2D eigenvalue weighted by Crippen LogP contribution is -1.89. The molecule has 0 unspecified atom stereocenters. The number of aliphatic hydroxyl groups excluding tert-OH is 1. The number of rotatable bonds is 7. The van der Waals surface area contributed by atoms with Crippen molar-refractivity contribution < 1.29 is 5.11 Å². The minimum absolute atomic E-state index is 0.299. The van der Waals surface area contributed by atoms with E-state index in [2.05, 4.69) is 19.9 Å². The highest BCUT2D eigenvalue weighted by Crippen LogP contribution is 2.22. The third-order valence-corrected chi connectivity index (χ3v) is 3.56. The van der Waals surface area contributed by atoms with Gasteiger partial charge in [-0.3, -0.25) is 0 Å². The first-order valence-corrected chi connectivity index (χ1v) is 6.78. The number of imidazole rings is 1. The molecule has 0 spiro atoms. The molecule has 5 nitrogen and oxygen atoms in total. The predicted molar refractivity (Wildman–Crippen MR) is 68.0 cm³/mol. The molecular formula is C11H16N4OS. The van der Waals surface area contributed by atoms with Gasteiger partial charge < -0.3 is 10.1 Å². The van der Waals surface area contributed by atoms with E-state index in [1.165, 1.54) is 0 Å². The van der Waals surface area contributed by atoms with Gasteiger partial charge in [-0.05, 0) is 18.6 Å². The lowest BCUT2D eigenvalue weighted by atomic mass is 10.2. The zero-order valence-corrected chi connectivity index (χ0v) is 10.4. The lowest BCUT2D eigenvalue weighted by Gasteiger charge is -2.01. The first-order valence-electron chi connectivity index (χ1n) is 5.79. The van der Waals surface area contributed by atoms with E-state index in [1.54, 1.807) is 24.4 Å². The Labute approximate surface area is 104 Å². The van der Waals surface area contributed by atoms with Gasteiger partial charge in [-0.1, -0.05) is 12.8 Å². The van der Waals surface area contributed by atoms with Gasteiger partial charge in [-0.15, -0.1) is 11.8 Å². The zero-order valence-electron chi connectivity index (χ0n) is 9.59. The summed E-state index contributed by atoms with van der Waals surface area (Å²) < 4.78 is 0. The molecule has 2 heterocycles. The highest BCUT2D eigenvalue weighted by atomic mass is 32.2. The van der Waals surface area contributed by atoms with E-state index in [-0.39, 0.29) is 0 Å². The van der Waals surface area contributed by atoms with Crippen LogP contribution in [0.3, 0.4) is 0 Å². The predicted octanol–water partition coefficient (Wildman–Crippen LogP) is 2.00. The highest BCUT2D eigenvalue weighted by Gasteiger charge is 2.05. The van der Waals surface area contributed by atoms with Crippen LogP contribution in [0.1, 0.15) is 25.7 Å². The van der Waals surface area contributed by atoms with Crippen LogP contribution in [0.15, 0.2) is 17.7 Å². The average molecular weight is 252 g/mol. The van der Waals surface area contributed by atoms with Gasteiger partial charge in [0.15, 0.2) is 5.65 Å². The molecule has 92 valence electrons. The summed E-state index contributed by atoms with van der Waals surface area (Å²) in [5.41, 5.74) is 1.65. The number of aromatic nitrogens is 4. The quantitative estimate of drug-likeness (QED) is 0.448. The third-order valence-electron chi connectivity index (χ3n) is 2.48. The molecule has 0 aliphatic carbocycles. The Morgan fingerprint density at radius 3 is 2.88 bits per heavy atom. The molecule has 0 atom stereocenters. The van der Waals surface area contributed by atoms with Crippen molar-refractivity contribution in [3.05, 3.63) is 12.7 Å². The number of aromatic amines is 1. The molecule has 0 aliphatic rings. The van der Waals surface area contributed by atoms with Gasteiger partial charge in [-0.25, -0.2) is 15.0 Å². The summed E-state index contributed by atoms with van der Waals surface area (Å²) in [4.78, 5) is 15.5. The van der Waals surface area contributed by atoms with Crippen molar-refractivity contribution >= 4 is 22.9 Å². The maximum atomic E-state index is 8.66. The minimum Gasteiger partial charge on any atom is -0.396 e. The Kier molecular flexibility index (Phi) is 4.75. The van der Waals surface area contributed by atoms with E-state index in [9.17, 15) is 0 Å². The van der Waals surface area contributed by atoms with Crippen molar-refractivity contribution in [3.8, 4) is 0 Å². The summed E-state index contributed by atoms with van der Waals surface area (Å²) in [6.07, 6.45) is 7.50. The second kappa shape index (κ2) is 6.56. The molecular weight excluding hydrogens is 236 g/mol. The van der Waals surface area contributed by atoms with Crippen molar-refractivity contribution in [3.63, 3.8) is 0 Å². The topological polar surface area (TPSA) is 74.7 Å². The summed E-state index contributed by atoms with van der Waals surface area (Å²) in [7, 11) is 0. The van der Waals surface area contributed by atoms with Crippen molar-refractivity contribution in [2.75, 3.05) is 12.4 Å². The number of fused-ring (bicyclic) bond motifs is 1. The smallest absolute Gasteiger partial charge is 0.181 e. The second-order valence-electron chi connectivity index (χ2n) is 3.77. The maximum Gasteiger partial charge on any atom is 0.181 e. The van der Waals surface area contributed by atoms with Crippen LogP contribution >= 0.6 is 11.8 Å². The van der Waals surface area contributed by atoms with Gasteiger partial charge in [0.2, 0.25) is 0 Å². The molecule has 0 aromatic carbocycles. The summed E-state index contributed by atoms with van der Waals surface area (Å²) in [5.74, 6) is 1.04. The monoisotopic (exact) mass is 252 g/mol. The molecule has 0 saturated carbocycles. The number of H-pyrrole nitrogens is 1. The fraction of sp³-hybridized carbons (Fsp3) is 0.545. The number of unbranched alkanes of at least 4 members (excludes halogenated alkanes) is 3. The number of thioether (sulfide) groups is 1. The van der Waals surface area contributed by atoms with E-state index in [4.69, 9.17) is 5.11 Å². The molecule has 0 radical (unpaired) electrons. The van der Waals surface area contributed by atoms with Gasteiger partial charge in [0.1, 0.15) is 16.9 Å². The molecule has 2 aromatic heterocycles. The fourth-order valence-electron chi connectivity index (χ4n) is 1.59. The van der Waals surface area contributed by atoms with Crippen LogP contribution in [-0.2, 0) is 0 Å². The van der Waals surface area contributed by atoms with Crippen molar-refractivity contribution in [1.29, 1.82) is 0 Å². The molecule has 0 saturated heterocycles. The Balaban J connectivity index is 1.80. The van der Waals surface area contributed by atoms with E-state index in [0.29, 0.717) is 6.61 Å². The Bertz CT molecular complexity index is 459. The SMILES string of the molecule is OCCCCCCSc1ncnc2nc[nH]c12. The molecule has 2 rings (SSSR count). The first kappa shape index (κ1) is 12.3. The number of nitrogens with one attached hydrogen (secondary N) is 1. The Morgan fingerprint density at radius 1 is 1.12 bits per heavy atom. The van der Waals surface area contributed by atoms with Crippen LogP contribution in [0.25, 0.3) is 11.2 Å². The van der Waals surface area contributed by atoms with Gasteiger partial charge in [0.05, 0.1) is 6.33 Å². The minimum atomic E-state index is 0.299. The van der Waals surface area contributed by atoms with Crippen LogP contribution < -0.4 is 0 Å². The van der Waals surface area contributed by atoms with Gasteiger partial charge >= 0.3 is 0 Å². The van der Waals surface area contributed by atoms with E-state index < -0.39 is 0 Å². The van der Waals surface area contributed by atoms with E-state index in [0.717, 1.165) is 47.6 Å². The molecule has 2 aromatic rings. The van der Waals surface area contributed by atoms with Gasteiger partial charge in [-0.2, -0.15) is 0 Å². The molecule has 0 aliphatic heterocycles. The van der Waals surface area contributed by atoms with Crippen LogP contribution in [0.4, 0.5) is 0 Å². The average Bonchev–Trinajstić information content (AvgIpc) is 2.82. The largest absolute Gasteiger partial charge is 0.396 e. The molecule has 2 N–H and O–H groups in total. The molecule has 0 fully saturated rings. The molecule has 0 amide bonds. The standard InChI is InChI=1S/C11H16N4OS/c16-5-3-1-2-4-6-17-11-9-10(13-7-12-9)14-8-15-11/h7-8,16H,1-6H2,(H,12,13,14,15). The van der Waals surface area contributed by atoms with Crippen molar-refractivity contribution in [2.24, 2.45) is 0 Å². The number of hydrogen-bond donors (Lipinski definition) is 2. The lowest BCUT2D eigenvalue weighted by molar-refractivity contribution is 0.283. The molecule has 17 heavy (non-hydrogen) atoms. The van der Waals surface area contributed by atoms with Gasteiger partial charge in [0.25, 0.3) is 0 Å². The van der Waals surface area contributed by atoms with Crippen LogP contribution in [-0.4, -0.2) is 37.4 Å². The van der Waals surface area contributed by atoms with Crippen LogP contribution in [0.2, 0.25) is 0 Å². The normalized spacial score (nSPS) is 11.1. The zero-order chi connectivity index (χ0) is 11.9. The summed E-state index contributed by atoms with van der Waals surface area (Å²) >= 11 is 1.73. The van der Waals surface area contributed by atoms with Crippen LogP contribution in [0.5, 0.6) is 0 Å². The number of nitrogens with zero attached hydrogens (tertiary/aromatic N) is 3. The molecule has 6 heteroatoms. The van der Waals surface area contributed by atoms with E-state index >= 15 is 0 Å². The third kappa shape index (κ3) is 3.41. The van der Waals surface area contributed by atoms with Crippen molar-refractivity contribution in [1.82, 2.24) is 19.9 Å². The van der Waals surface area contributed by atoms with Crippen LogP contribution in [0, 0.1) is 0 Å². The first-order chi connectivity index (χ1) is 8.42. The molecule has 0 bridgehead atoms. The van der Waals surface area contributed by atoms with Crippen molar-refractivity contribution in [2.45, 2.75) is 30.7 Å². The Morgan fingerprint density at radius 2 is 2.00 bits per heavy atom. The second-order valence-corrected chi connectivity index (χ2v) is 4.85. The maximum absolute atomic E-state index is 8.66. The number of hydrogen-bond acceptors (Lipinski definition) is 5. The van der Waals surface area contributed by atoms with Gasteiger partial charge in [0, 0.05) is 6.61 Å².